The van der Waals surface area contributed by atoms with E-state index in [9.17, 15) is 4.79 Å². The van der Waals surface area contributed by atoms with Crippen molar-refractivity contribution in [3.63, 3.8) is 0 Å². The van der Waals surface area contributed by atoms with E-state index in [1.807, 2.05) is 10.8 Å². The van der Waals surface area contributed by atoms with Crippen LogP contribution < -0.4 is 11.1 Å². The Labute approximate surface area is 123 Å². The Hall–Kier alpha value is -2.18. The Balaban J connectivity index is 1.80. The number of hydrogen-bond acceptors (Lipinski definition) is 4. The topological polar surface area (TPSA) is 82.2 Å². The van der Waals surface area contributed by atoms with Crippen LogP contribution in [0.1, 0.15) is 18.5 Å². The first-order valence-electron chi connectivity index (χ1n) is 6.84. The molecule has 0 aliphatic carbocycles. The summed E-state index contributed by atoms with van der Waals surface area (Å²) in [4.78, 5) is 14.5. The molecule has 6 nitrogen and oxygen atoms in total. The number of carbonyl (C=O) groups excluding carboxylic acids is 1. The zero-order chi connectivity index (χ0) is 15.1. The van der Waals surface area contributed by atoms with Gasteiger partial charge < -0.3 is 20.4 Å². The number of nitrogens with two attached hydrogens (primary N) is 1. The zero-order valence-electron chi connectivity index (χ0n) is 12.0. The summed E-state index contributed by atoms with van der Waals surface area (Å²) in [5.41, 5.74) is 7.25. The summed E-state index contributed by atoms with van der Waals surface area (Å²) in [5.74, 6) is -0.446. The number of nitrogens with one attached hydrogen (secondary N) is 1. The number of carbonyl (C=O) groups is 1. The summed E-state index contributed by atoms with van der Waals surface area (Å²) in [7, 11) is 0. The normalized spacial score (nSPS) is 12.2. The van der Waals surface area contributed by atoms with Crippen molar-refractivity contribution in [2.24, 2.45) is 5.73 Å². The van der Waals surface area contributed by atoms with Crippen molar-refractivity contribution in [2.75, 3.05) is 19.8 Å². The maximum Gasteiger partial charge on any atom is 0.243 e. The predicted octanol–water partition coefficient (Wildman–Crippen LogP) is 1.02. The highest BCUT2D eigenvalue weighted by molar-refractivity contribution is 5.74. The fourth-order valence-electron chi connectivity index (χ4n) is 1.99. The van der Waals surface area contributed by atoms with Crippen molar-refractivity contribution in [1.82, 2.24) is 14.9 Å². The third-order valence-corrected chi connectivity index (χ3v) is 3.14. The number of rotatable bonds is 8. The van der Waals surface area contributed by atoms with E-state index < -0.39 is 5.91 Å². The number of primary amides is 1. The fourth-order valence-corrected chi connectivity index (χ4v) is 1.99. The Morgan fingerprint density at radius 1 is 1.43 bits per heavy atom. The first kappa shape index (κ1) is 15.2. The summed E-state index contributed by atoms with van der Waals surface area (Å²) in [6.07, 6.45) is 5.43. The molecular formula is C15H20N4O2. The van der Waals surface area contributed by atoms with Crippen LogP contribution in [0.2, 0.25) is 0 Å². The molecule has 0 fully saturated rings. The van der Waals surface area contributed by atoms with Crippen LogP contribution in [0.5, 0.6) is 0 Å². The molecule has 21 heavy (non-hydrogen) atoms. The Kier molecular flexibility index (Phi) is 5.48. The van der Waals surface area contributed by atoms with Gasteiger partial charge in [0.2, 0.25) is 5.91 Å². The van der Waals surface area contributed by atoms with Gasteiger partial charge in [-0.15, -0.1) is 0 Å². The van der Waals surface area contributed by atoms with Gasteiger partial charge in [-0.3, -0.25) is 4.79 Å². The molecule has 0 bridgehead atoms. The first-order valence-corrected chi connectivity index (χ1v) is 6.84. The van der Waals surface area contributed by atoms with Crippen molar-refractivity contribution in [1.29, 1.82) is 0 Å². The summed E-state index contributed by atoms with van der Waals surface area (Å²) < 4.78 is 7.06. The minimum Gasteiger partial charge on any atom is -0.370 e. The van der Waals surface area contributed by atoms with Crippen molar-refractivity contribution in [2.45, 2.75) is 13.0 Å². The van der Waals surface area contributed by atoms with E-state index in [2.05, 4.69) is 41.5 Å². The highest BCUT2D eigenvalue weighted by atomic mass is 16.5. The lowest BCUT2D eigenvalue weighted by atomic mass is 10.1. The van der Waals surface area contributed by atoms with Crippen LogP contribution in [0.25, 0.3) is 5.69 Å². The molecule has 1 aromatic heterocycles. The third-order valence-electron chi connectivity index (χ3n) is 3.14. The highest BCUT2D eigenvalue weighted by Crippen LogP contribution is 2.15. The Morgan fingerprint density at radius 2 is 2.19 bits per heavy atom. The van der Waals surface area contributed by atoms with Gasteiger partial charge >= 0.3 is 0 Å². The molecule has 0 aliphatic rings. The number of hydrogen-bond donors (Lipinski definition) is 2. The average molecular weight is 288 g/mol. The van der Waals surface area contributed by atoms with Crippen molar-refractivity contribution < 1.29 is 9.53 Å². The van der Waals surface area contributed by atoms with Crippen molar-refractivity contribution in [3.05, 3.63) is 48.5 Å². The van der Waals surface area contributed by atoms with Gasteiger partial charge in [-0.05, 0) is 24.6 Å². The molecule has 1 atom stereocenters. The van der Waals surface area contributed by atoms with Crippen LogP contribution >= 0.6 is 0 Å². The van der Waals surface area contributed by atoms with Gasteiger partial charge in [-0.1, -0.05) is 12.1 Å². The molecule has 0 saturated carbocycles. The zero-order valence-corrected chi connectivity index (χ0v) is 12.0. The summed E-state index contributed by atoms with van der Waals surface area (Å²) in [5, 5.41) is 3.33. The second kappa shape index (κ2) is 7.56. The Morgan fingerprint density at radius 3 is 2.81 bits per heavy atom. The van der Waals surface area contributed by atoms with E-state index in [0.717, 1.165) is 5.69 Å². The lowest BCUT2D eigenvalue weighted by Crippen LogP contribution is -2.26. The minimum absolute atomic E-state index is 0.0321. The molecule has 112 valence electrons. The van der Waals surface area contributed by atoms with Crippen LogP contribution in [0.15, 0.2) is 43.0 Å². The van der Waals surface area contributed by atoms with Gasteiger partial charge in [0.1, 0.15) is 6.61 Å². The molecule has 1 unspecified atom stereocenters. The number of nitrogens with zero attached hydrogens (tertiary/aromatic N) is 2. The molecule has 0 saturated heterocycles. The van der Waals surface area contributed by atoms with E-state index in [-0.39, 0.29) is 12.6 Å². The lowest BCUT2D eigenvalue weighted by molar-refractivity contribution is -0.122. The van der Waals surface area contributed by atoms with Gasteiger partial charge in [0, 0.05) is 30.7 Å². The Bertz CT molecular complexity index is 552. The molecule has 0 spiro atoms. The van der Waals surface area contributed by atoms with E-state index >= 15 is 0 Å². The third kappa shape index (κ3) is 4.70. The molecule has 2 rings (SSSR count). The molecular weight excluding hydrogens is 268 g/mol. The first-order chi connectivity index (χ1) is 10.2. The molecule has 6 heteroatoms. The van der Waals surface area contributed by atoms with Gasteiger partial charge in [-0.25, -0.2) is 4.98 Å². The van der Waals surface area contributed by atoms with E-state index in [4.69, 9.17) is 10.5 Å². The number of imidazole rings is 1. The minimum atomic E-state index is -0.446. The number of amides is 1. The highest BCUT2D eigenvalue weighted by Gasteiger charge is 2.05. The van der Waals surface area contributed by atoms with Crippen molar-refractivity contribution in [3.8, 4) is 5.69 Å². The van der Waals surface area contributed by atoms with Crippen LogP contribution in [0.3, 0.4) is 0 Å². The number of aromatic nitrogens is 2. The molecule has 0 aliphatic heterocycles. The molecule has 2 aromatic rings. The standard InChI is InChI=1S/C15H20N4O2/c1-12(18-7-9-21-10-15(16)20)13-2-4-14(5-3-13)19-8-6-17-11-19/h2-6,8,11-12,18H,7,9-10H2,1H3,(H2,16,20). The monoisotopic (exact) mass is 288 g/mol. The number of benzene rings is 1. The van der Waals surface area contributed by atoms with Gasteiger partial charge in [0.15, 0.2) is 0 Å². The smallest absolute Gasteiger partial charge is 0.243 e. The average Bonchev–Trinajstić information content (AvgIpc) is 3.01. The van der Waals surface area contributed by atoms with Crippen LogP contribution in [0, 0.1) is 0 Å². The van der Waals surface area contributed by atoms with Crippen molar-refractivity contribution >= 4 is 5.91 Å². The molecule has 1 aromatic carbocycles. The van der Waals surface area contributed by atoms with Gasteiger partial charge in [0.05, 0.1) is 12.9 Å². The fraction of sp³-hybridized carbons (Fsp3) is 0.333. The lowest BCUT2D eigenvalue weighted by Gasteiger charge is -2.15. The maximum atomic E-state index is 10.5. The molecule has 1 amide bonds. The summed E-state index contributed by atoms with van der Waals surface area (Å²) in [6, 6.07) is 8.48. The quantitative estimate of drug-likeness (QED) is 0.711. The van der Waals surface area contributed by atoms with E-state index in [1.165, 1.54) is 5.56 Å². The molecule has 3 N–H and O–H groups in total. The predicted molar refractivity (Wildman–Crippen MR) is 80.0 cm³/mol. The molecule has 0 radical (unpaired) electrons. The maximum absolute atomic E-state index is 10.5. The number of ether oxygens (including phenoxy) is 1. The van der Waals surface area contributed by atoms with E-state index in [1.54, 1.807) is 12.5 Å². The second-order valence-electron chi connectivity index (χ2n) is 4.76. The largest absolute Gasteiger partial charge is 0.370 e. The summed E-state index contributed by atoms with van der Waals surface area (Å²) in [6.45, 7) is 3.17. The second-order valence-corrected chi connectivity index (χ2v) is 4.76. The van der Waals surface area contributed by atoms with Crippen LogP contribution in [-0.2, 0) is 9.53 Å². The van der Waals surface area contributed by atoms with Crippen LogP contribution in [0.4, 0.5) is 0 Å². The van der Waals surface area contributed by atoms with Gasteiger partial charge in [0.25, 0.3) is 0 Å². The molecule has 1 heterocycles. The summed E-state index contributed by atoms with van der Waals surface area (Å²) >= 11 is 0. The van der Waals surface area contributed by atoms with E-state index in [0.29, 0.717) is 13.2 Å². The van der Waals surface area contributed by atoms with Gasteiger partial charge in [-0.2, -0.15) is 0 Å². The SMILES string of the molecule is CC(NCCOCC(N)=O)c1ccc(-n2ccnc2)cc1. The van der Waals surface area contributed by atoms with Crippen LogP contribution in [-0.4, -0.2) is 35.2 Å².